The fourth-order valence-electron chi connectivity index (χ4n) is 28.2. The lowest BCUT2D eigenvalue weighted by Crippen LogP contribution is -2.78. The highest BCUT2D eigenvalue weighted by Crippen LogP contribution is 2.79. The van der Waals surface area contributed by atoms with Gasteiger partial charge in [0.1, 0.15) is 47.2 Å². The summed E-state index contributed by atoms with van der Waals surface area (Å²) in [5, 5.41) is 17.2. The molecule has 6 aliphatic heterocycles. The number of ether oxygens (including phenoxy) is 1. The van der Waals surface area contributed by atoms with E-state index in [1.54, 1.807) is 52.7 Å². The molecular weight excluding hydrogens is 1770 g/mol. The molecule has 7 unspecified atom stereocenters. The number of rotatable bonds is 19. The summed E-state index contributed by atoms with van der Waals surface area (Å²) in [7, 11) is 0. The van der Waals surface area contributed by atoms with Crippen molar-refractivity contribution in [1.29, 1.82) is 0 Å². The zero-order chi connectivity index (χ0) is 95.8. The minimum absolute atomic E-state index is 0.0162. The van der Waals surface area contributed by atoms with Gasteiger partial charge in [-0.05, 0) is 264 Å². The van der Waals surface area contributed by atoms with Crippen LogP contribution in [0.1, 0.15) is 236 Å². The predicted octanol–water partition coefficient (Wildman–Crippen LogP) is 21.3. The maximum absolute atomic E-state index is 14.2. The van der Waals surface area contributed by atoms with E-state index >= 15 is 0 Å². The van der Waals surface area contributed by atoms with Gasteiger partial charge < -0.3 is 28.9 Å². The molecule has 9 heterocycles. The molecule has 20 nitrogen and oxygen atoms in total. The van der Waals surface area contributed by atoms with Gasteiger partial charge in [0.2, 0.25) is 41.3 Å². The third-order valence-corrected chi connectivity index (χ3v) is 34.1. The van der Waals surface area contributed by atoms with Crippen LogP contribution in [0.5, 0.6) is 5.88 Å². The summed E-state index contributed by atoms with van der Waals surface area (Å²) in [6.45, 7) is 15.8. The molecule has 0 radical (unpaired) electrons. The van der Waals surface area contributed by atoms with Crippen LogP contribution >= 0.6 is 0 Å². The zero-order valence-corrected chi connectivity index (χ0v) is 78.1. The maximum atomic E-state index is 14.2. The number of imidazole rings is 1. The second-order valence-corrected chi connectivity index (χ2v) is 44.2. The normalized spacial score (nSPS) is 32.5. The molecule has 15 aliphatic carbocycles. The molecule has 19 fully saturated rings. The molecule has 0 N–H and O–H groups in total. The number of carbonyl (C=O) groups is 6. The van der Waals surface area contributed by atoms with Gasteiger partial charge in [-0.15, -0.1) is 0 Å². The summed E-state index contributed by atoms with van der Waals surface area (Å²) >= 11 is 0. The van der Waals surface area contributed by atoms with Crippen LogP contribution in [0.15, 0.2) is 205 Å². The number of aryl methyl sites for hydroxylation is 3. The van der Waals surface area contributed by atoms with Crippen LogP contribution in [0, 0.1) is 104 Å². The quantitative estimate of drug-likeness (QED) is 0.0700. The molecule has 6 amide bonds. The van der Waals surface area contributed by atoms with Crippen LogP contribution in [0.2, 0.25) is 0 Å². The summed E-state index contributed by atoms with van der Waals surface area (Å²) in [5.74, 6) is -2.05. The molecule has 10 bridgehead atoms. The number of hydrogen-bond acceptors (Lipinski definition) is 12. The number of halogens is 8. The molecule has 21 aliphatic rings. The van der Waals surface area contributed by atoms with Crippen LogP contribution in [0.4, 0.5) is 35.1 Å². The summed E-state index contributed by atoms with van der Waals surface area (Å²) in [6.07, 6.45) is 25.4. The number of fused-ring (bicyclic) bond motifs is 2. The Morgan fingerprint density at radius 1 is 0.464 bits per heavy atom. The third kappa shape index (κ3) is 15.5. The number of amides is 6. The number of carbonyl (C=O) groups excluding carboxylic acids is 6. The fraction of sp³-hybridized carbons (Fsp3) is 0.464. The minimum atomic E-state index is -1.07. The summed E-state index contributed by atoms with van der Waals surface area (Å²) in [4.78, 5) is 94.5. The van der Waals surface area contributed by atoms with Gasteiger partial charge in [-0.3, -0.25) is 33.4 Å². The topological polar surface area (TPSA) is 204 Å². The smallest absolute Gasteiger partial charge is 0.249 e. The summed E-state index contributed by atoms with van der Waals surface area (Å²) < 4.78 is 120. The Kier molecular flexibility index (Phi) is 22.1. The van der Waals surface area contributed by atoms with Crippen LogP contribution in [0.25, 0.3) is 21.9 Å². The Labute approximate surface area is 796 Å². The van der Waals surface area contributed by atoms with E-state index < -0.39 is 53.1 Å². The number of para-hydroxylation sites is 2. The predicted molar refractivity (Wildman–Crippen MR) is 502 cm³/mol. The molecule has 138 heavy (non-hydrogen) atoms. The zero-order valence-electron chi connectivity index (χ0n) is 78.1. The SMILES string of the molecule is C=C1CCC(=O)N1C12CC(C(=O)N3CCCC3c3cccc(C)c3)(C1)C2.CCC12CC(C(=O)N3CC(F)CC3c3cccc(F)c3)(C1)C2.Cc1cccc2c1cnn2CC12CC(C(=O)N3N=CCC3c3cc(F)cc(F)c3)(C1)C2.Cc1ccnc(OCC23CC(C(=O)N4CC(F)CC4c4cccc(F)c4)(C2)C3)c1.O=C(N1N=CCC1c1cc(F)cc(F)c1)C12CC(Cn3cnc4ccccc43)(C1)C2. The van der Waals surface area contributed by atoms with Crippen molar-refractivity contribution in [3.8, 4) is 5.88 Å². The molecule has 15 saturated carbocycles. The van der Waals surface area contributed by atoms with Crippen molar-refractivity contribution in [2.45, 2.75) is 243 Å². The van der Waals surface area contributed by atoms with Crippen molar-refractivity contribution in [3.63, 3.8) is 0 Å². The number of benzene rings is 7. The van der Waals surface area contributed by atoms with Gasteiger partial charge in [0, 0.05) is 105 Å². The number of nitrogens with zero attached hydrogens (tertiary/aromatic N) is 13. The Morgan fingerprint density at radius 2 is 0.942 bits per heavy atom. The molecule has 716 valence electrons. The Morgan fingerprint density at radius 3 is 1.47 bits per heavy atom. The van der Waals surface area contributed by atoms with Gasteiger partial charge in [0.25, 0.3) is 0 Å². The summed E-state index contributed by atoms with van der Waals surface area (Å²) in [6, 6.07) is 44.5. The maximum Gasteiger partial charge on any atom is 0.249 e. The summed E-state index contributed by atoms with van der Waals surface area (Å²) in [5.41, 5.74) is 10.2. The molecule has 28 heteroatoms. The van der Waals surface area contributed by atoms with E-state index in [-0.39, 0.29) is 129 Å². The first-order valence-electron chi connectivity index (χ1n) is 49.0. The number of hydrazone groups is 2. The van der Waals surface area contributed by atoms with E-state index in [9.17, 15) is 63.9 Å². The van der Waals surface area contributed by atoms with Gasteiger partial charge in [-0.25, -0.2) is 55.1 Å². The third-order valence-electron chi connectivity index (χ3n) is 34.1. The lowest BCUT2D eigenvalue weighted by molar-refractivity contribution is -0.226. The van der Waals surface area contributed by atoms with E-state index in [0.717, 1.165) is 187 Å². The van der Waals surface area contributed by atoms with E-state index in [4.69, 9.17) is 4.74 Å². The Balaban J connectivity index is 0.000000100. The van der Waals surface area contributed by atoms with E-state index in [2.05, 4.69) is 109 Å². The van der Waals surface area contributed by atoms with Crippen LogP contribution in [-0.2, 0) is 41.9 Å². The second kappa shape index (κ2) is 33.5. The van der Waals surface area contributed by atoms with Crippen molar-refractivity contribution in [2.24, 2.45) is 58.9 Å². The number of alkyl halides is 2. The molecule has 7 aromatic carbocycles. The number of allylic oxidation sites excluding steroid dienone is 1. The Bertz CT molecular complexity index is 6550. The van der Waals surface area contributed by atoms with E-state index in [1.807, 2.05) is 60.7 Å². The highest BCUT2D eigenvalue weighted by Gasteiger charge is 2.78. The number of aromatic nitrogens is 5. The second-order valence-electron chi connectivity index (χ2n) is 44.2. The fourth-order valence-corrected chi connectivity index (χ4v) is 28.2. The van der Waals surface area contributed by atoms with Crippen molar-refractivity contribution in [3.05, 3.63) is 274 Å². The van der Waals surface area contributed by atoms with E-state index in [0.29, 0.717) is 65.3 Å². The lowest BCUT2D eigenvalue weighted by Gasteiger charge is -2.72. The van der Waals surface area contributed by atoms with E-state index in [1.165, 1.54) is 75.2 Å². The van der Waals surface area contributed by atoms with Gasteiger partial charge in [-0.2, -0.15) is 15.3 Å². The largest absolute Gasteiger partial charge is 0.477 e. The lowest BCUT2D eigenvalue weighted by atomic mass is 9.34. The van der Waals surface area contributed by atoms with Crippen LogP contribution < -0.4 is 4.74 Å². The van der Waals surface area contributed by atoms with Crippen molar-refractivity contribution < 1.29 is 68.6 Å². The van der Waals surface area contributed by atoms with Crippen LogP contribution in [0.3, 0.4) is 0 Å². The van der Waals surface area contributed by atoms with Crippen molar-refractivity contribution in [2.75, 3.05) is 26.2 Å². The minimum Gasteiger partial charge on any atom is -0.477 e. The highest BCUT2D eigenvalue weighted by molar-refractivity contribution is 5.93. The van der Waals surface area contributed by atoms with Gasteiger partial charge in [0.15, 0.2) is 0 Å². The first kappa shape index (κ1) is 90.9. The average molecular weight is 1880 g/mol. The standard InChI is InChI=1S/C24H22F2N4O.C23H20F2N4O.C23H24F2N2O2.C22H26N2O2.C18H21F2NO/c1-15-3-2-4-21-19(15)10-28-29(21)14-23-11-24(12-23,13-23)22(31)30-20(5-6-27-30)16-7-17(25)9-18(26)8-16;24-16-7-15(8-17(25)9-16)19-5-6-27-29(19)21(30)23-10-22(11-23,12-23)13-28-14-26-18-3-1-2-4-20(18)28;1-15-5-6-26-20(7-15)29-14-22-11-23(12-22,13-22)21(28)27-10-18(25)9-19(27)16-3-2-4-17(24)8-16;1-15-5-3-6-17(11-15)18-7-4-10-23(18)20(26)21-12-22(13-21,14-21)24-16(2)8-9-19(24)25;1-2-17-9-18(10-17,11-17)16(22)21-8-14(20)7-15(21)12-4-3-5-13(19)6-12/h2-4,6-10,20H,5,11-14H2,1H3;1-4,6-9,14,19H,5,10-13H2;2-8,18-19H,9-14H2,1H3;3,5-6,11,18H,2,4,7-10,12-14H2,1H3;3-6,14-15H,2,7-11H2,1H3. The number of likely N-dealkylation sites (tertiary alicyclic amines) is 4. The average Bonchev–Trinajstić information content (AvgIpc) is 1.14. The highest BCUT2D eigenvalue weighted by atomic mass is 19.2. The van der Waals surface area contributed by atoms with Gasteiger partial charge in [0.05, 0.1) is 112 Å². The number of pyridine rings is 1. The molecular formula is C110H113F8N13O7. The molecule has 3 aromatic heterocycles. The van der Waals surface area contributed by atoms with Crippen LogP contribution in [-0.4, -0.2) is 146 Å². The Hall–Kier alpha value is -12.2. The molecule has 31 rings (SSSR count). The molecule has 10 aromatic rings. The molecule has 0 spiro atoms. The van der Waals surface area contributed by atoms with Gasteiger partial charge in [-0.1, -0.05) is 98.3 Å². The van der Waals surface area contributed by atoms with Crippen molar-refractivity contribution in [1.82, 2.24) is 53.9 Å². The van der Waals surface area contributed by atoms with Gasteiger partial charge >= 0.3 is 0 Å². The monoisotopic (exact) mass is 1880 g/mol. The molecule has 4 saturated heterocycles. The first-order valence-corrected chi connectivity index (χ1v) is 49.0. The molecule has 7 atom stereocenters. The number of hydrogen-bond donors (Lipinski definition) is 0. The van der Waals surface area contributed by atoms with Crippen molar-refractivity contribution >= 4 is 69.8 Å². The first-order chi connectivity index (χ1) is 66.1.